The molecule has 7 aromatic carbocycles. The van der Waals surface area contributed by atoms with Crippen molar-refractivity contribution in [2.75, 3.05) is 0 Å². The monoisotopic (exact) mass is 716 g/mol. The summed E-state index contributed by atoms with van der Waals surface area (Å²) in [4.78, 5) is 20.9. The van der Waals surface area contributed by atoms with E-state index in [1.54, 1.807) is 0 Å². The van der Waals surface area contributed by atoms with Gasteiger partial charge in [-0.2, -0.15) is 0 Å². The van der Waals surface area contributed by atoms with Gasteiger partial charge in [-0.05, 0) is 94.5 Å². The summed E-state index contributed by atoms with van der Waals surface area (Å²) in [5.74, 6) is 1.92. The Balaban J connectivity index is 1.000. The van der Waals surface area contributed by atoms with Crippen LogP contribution in [0, 0.1) is 0 Å². The first-order valence-electron chi connectivity index (χ1n) is 19.1. The van der Waals surface area contributed by atoms with Crippen LogP contribution >= 0.6 is 0 Å². The maximum Gasteiger partial charge on any atom is 0.149 e. The van der Waals surface area contributed by atoms with E-state index in [0.717, 1.165) is 89.9 Å². The Kier molecular flexibility index (Phi) is 6.65. The van der Waals surface area contributed by atoms with E-state index in [2.05, 4.69) is 173 Å². The molecule has 1 aliphatic rings. The molecule has 1 atom stereocenters. The van der Waals surface area contributed by atoms with Crippen LogP contribution < -0.4 is 0 Å². The normalized spacial score (nSPS) is 14.6. The first kappa shape index (κ1) is 31.0. The largest absolute Gasteiger partial charge is 0.276 e. The lowest BCUT2D eigenvalue weighted by atomic mass is 9.88. The van der Waals surface area contributed by atoms with E-state index in [-0.39, 0.29) is 5.92 Å². The molecule has 0 spiro atoms. The van der Waals surface area contributed by atoms with Crippen molar-refractivity contribution in [1.82, 2.24) is 28.7 Å². The molecule has 1 unspecified atom stereocenters. The minimum atomic E-state index is 0.142. The van der Waals surface area contributed by atoms with Crippen molar-refractivity contribution in [3.63, 3.8) is 0 Å². The lowest BCUT2D eigenvalue weighted by Crippen LogP contribution is -2.06. The van der Waals surface area contributed by atoms with Gasteiger partial charge in [0.05, 0.1) is 33.1 Å². The van der Waals surface area contributed by atoms with E-state index >= 15 is 0 Å². The highest BCUT2D eigenvalue weighted by Gasteiger charge is 2.21. The van der Waals surface area contributed by atoms with Crippen molar-refractivity contribution in [3.05, 3.63) is 187 Å². The minimum absolute atomic E-state index is 0.142. The second-order valence-electron chi connectivity index (χ2n) is 14.7. The predicted octanol–water partition coefficient (Wildman–Crippen LogP) is 12.0. The molecule has 56 heavy (non-hydrogen) atoms. The zero-order valence-corrected chi connectivity index (χ0v) is 30.2. The SMILES string of the molecule is C1=CC(c2nc3ccc(-c4ccc5ccccc5c4)cc3c3nc4ccccc4n23)=CC(c2cccc(-c3nc4ccccc4c4nc5ccccc5n34)c2)C1. The molecule has 0 radical (unpaired) electrons. The third-order valence-electron chi connectivity index (χ3n) is 11.4. The lowest BCUT2D eigenvalue weighted by molar-refractivity contribution is 0.854. The van der Waals surface area contributed by atoms with E-state index in [1.165, 1.54) is 21.9 Å². The molecule has 4 heterocycles. The van der Waals surface area contributed by atoms with Crippen LogP contribution in [0.3, 0.4) is 0 Å². The van der Waals surface area contributed by atoms with Crippen molar-refractivity contribution >= 4 is 71.5 Å². The third kappa shape index (κ3) is 4.76. The number of allylic oxidation sites excluding steroid dienone is 4. The van der Waals surface area contributed by atoms with Crippen LogP contribution in [-0.4, -0.2) is 28.7 Å². The van der Waals surface area contributed by atoms with Crippen LogP contribution in [0.25, 0.3) is 94.0 Å². The van der Waals surface area contributed by atoms with Crippen molar-refractivity contribution in [3.8, 4) is 22.5 Å². The molecule has 1 aliphatic carbocycles. The van der Waals surface area contributed by atoms with Gasteiger partial charge in [0, 0.05) is 27.8 Å². The number of imidazole rings is 2. The summed E-state index contributed by atoms with van der Waals surface area (Å²) in [6, 6.07) is 55.5. The van der Waals surface area contributed by atoms with E-state index in [1.807, 2.05) is 12.1 Å². The highest BCUT2D eigenvalue weighted by molar-refractivity contribution is 6.01. The molecule has 0 amide bonds. The molecule has 0 aliphatic heterocycles. The predicted molar refractivity (Wildman–Crippen MR) is 229 cm³/mol. The first-order chi connectivity index (χ1) is 27.7. The van der Waals surface area contributed by atoms with E-state index < -0.39 is 0 Å². The quantitative estimate of drug-likeness (QED) is 0.182. The Morgan fingerprint density at radius 3 is 1.93 bits per heavy atom. The van der Waals surface area contributed by atoms with Gasteiger partial charge < -0.3 is 0 Å². The number of nitrogens with zero attached hydrogens (tertiary/aromatic N) is 6. The number of fused-ring (bicyclic) bond motifs is 11. The Morgan fingerprint density at radius 2 is 1.09 bits per heavy atom. The second-order valence-corrected chi connectivity index (χ2v) is 14.7. The standard InChI is InChI=1S/C50H32N6/c1-2-12-32-27-35(24-23-31(32)11-1)36-25-26-42-40(30-36)50-54-44-20-6-8-22-46(44)56(50)48(52-42)38-16-10-14-34(29-38)33-13-9-15-37(28-33)47-51-41-18-4-3-17-39(41)49-53-43-19-5-7-21-45(43)55(47)49/h1-13,15-30,34H,14H2. The summed E-state index contributed by atoms with van der Waals surface area (Å²) in [5.41, 5.74) is 13.4. The summed E-state index contributed by atoms with van der Waals surface area (Å²) in [7, 11) is 0. The van der Waals surface area contributed by atoms with Gasteiger partial charge >= 0.3 is 0 Å². The third-order valence-corrected chi connectivity index (χ3v) is 11.4. The molecule has 0 saturated heterocycles. The number of rotatable bonds is 4. The smallest absolute Gasteiger partial charge is 0.149 e. The number of aromatic nitrogens is 6. The van der Waals surface area contributed by atoms with Gasteiger partial charge in [-0.3, -0.25) is 8.80 Å². The Labute approximate surface area is 321 Å². The van der Waals surface area contributed by atoms with Crippen LogP contribution in [0.1, 0.15) is 23.7 Å². The number of hydrogen-bond donors (Lipinski definition) is 0. The Morgan fingerprint density at radius 1 is 0.446 bits per heavy atom. The molecule has 6 nitrogen and oxygen atoms in total. The topological polar surface area (TPSA) is 60.4 Å². The molecule has 0 N–H and O–H groups in total. The molecule has 0 saturated carbocycles. The van der Waals surface area contributed by atoms with Crippen molar-refractivity contribution < 1.29 is 0 Å². The Hall–Kier alpha value is -7.44. The molecular weight excluding hydrogens is 685 g/mol. The fourth-order valence-corrected chi connectivity index (χ4v) is 8.65. The lowest BCUT2D eigenvalue weighted by Gasteiger charge is -2.19. The summed E-state index contributed by atoms with van der Waals surface area (Å²) in [6.45, 7) is 0. The van der Waals surface area contributed by atoms with Crippen molar-refractivity contribution in [1.29, 1.82) is 0 Å². The average molecular weight is 717 g/mol. The molecule has 11 aromatic rings. The molecule has 12 rings (SSSR count). The van der Waals surface area contributed by atoms with E-state index in [9.17, 15) is 0 Å². The van der Waals surface area contributed by atoms with Crippen LogP contribution in [0.15, 0.2) is 176 Å². The molecule has 6 heteroatoms. The van der Waals surface area contributed by atoms with Crippen LogP contribution in [0.5, 0.6) is 0 Å². The van der Waals surface area contributed by atoms with Gasteiger partial charge in [0.1, 0.15) is 22.9 Å². The molecule has 0 fully saturated rings. The summed E-state index contributed by atoms with van der Waals surface area (Å²) in [5, 5.41) is 4.53. The summed E-state index contributed by atoms with van der Waals surface area (Å²) < 4.78 is 4.46. The van der Waals surface area contributed by atoms with Gasteiger partial charge in [-0.1, -0.05) is 115 Å². The van der Waals surface area contributed by atoms with Gasteiger partial charge in [0.25, 0.3) is 0 Å². The maximum atomic E-state index is 5.40. The van der Waals surface area contributed by atoms with E-state index in [0.29, 0.717) is 0 Å². The Bertz CT molecular complexity index is 3480. The highest BCUT2D eigenvalue weighted by Crippen LogP contribution is 2.37. The second kappa shape index (κ2) is 12.0. The van der Waals surface area contributed by atoms with Crippen LogP contribution in [0.4, 0.5) is 0 Å². The summed E-state index contributed by atoms with van der Waals surface area (Å²) >= 11 is 0. The van der Waals surface area contributed by atoms with Crippen LogP contribution in [0.2, 0.25) is 0 Å². The molecular formula is C50H32N6. The maximum absolute atomic E-state index is 5.40. The summed E-state index contributed by atoms with van der Waals surface area (Å²) in [6.07, 6.45) is 7.76. The van der Waals surface area contributed by atoms with E-state index in [4.69, 9.17) is 19.9 Å². The van der Waals surface area contributed by atoms with Gasteiger partial charge in [0.2, 0.25) is 0 Å². The number of hydrogen-bond acceptors (Lipinski definition) is 4. The number of benzene rings is 7. The molecule has 262 valence electrons. The first-order valence-corrected chi connectivity index (χ1v) is 19.1. The average Bonchev–Trinajstić information content (AvgIpc) is 3.86. The fraction of sp³-hybridized carbons (Fsp3) is 0.0400. The van der Waals surface area contributed by atoms with Crippen LogP contribution in [-0.2, 0) is 0 Å². The fourth-order valence-electron chi connectivity index (χ4n) is 8.65. The number of para-hydroxylation sites is 5. The van der Waals surface area contributed by atoms with Gasteiger partial charge in [0.15, 0.2) is 0 Å². The van der Waals surface area contributed by atoms with Crippen molar-refractivity contribution in [2.24, 2.45) is 0 Å². The molecule has 4 aromatic heterocycles. The highest BCUT2D eigenvalue weighted by atomic mass is 15.1. The molecule has 0 bridgehead atoms. The zero-order valence-electron chi connectivity index (χ0n) is 30.2. The van der Waals surface area contributed by atoms with Crippen molar-refractivity contribution in [2.45, 2.75) is 12.3 Å². The zero-order chi connectivity index (χ0) is 36.7. The van der Waals surface area contributed by atoms with Gasteiger partial charge in [-0.15, -0.1) is 0 Å². The minimum Gasteiger partial charge on any atom is -0.276 e. The van der Waals surface area contributed by atoms with Gasteiger partial charge in [-0.25, -0.2) is 19.9 Å².